The van der Waals surface area contributed by atoms with Crippen LogP contribution in [-0.4, -0.2) is 62.3 Å². The molecule has 0 saturated carbocycles. The zero-order valence-corrected chi connectivity index (χ0v) is 11.3. The Bertz CT molecular complexity index is 244. The van der Waals surface area contributed by atoms with Gasteiger partial charge in [-0.3, -0.25) is 9.69 Å². The predicted octanol–water partition coefficient (Wildman–Crippen LogP) is -0.180. The SMILES string of the molecule is CNCC1CN(C(C)C(=O)NC(C)C)CCO1. The lowest BCUT2D eigenvalue weighted by Crippen LogP contribution is -2.54. The Kier molecular flexibility index (Phi) is 5.88. The summed E-state index contributed by atoms with van der Waals surface area (Å²) in [6, 6.07) is 0.111. The summed E-state index contributed by atoms with van der Waals surface area (Å²) >= 11 is 0. The van der Waals surface area contributed by atoms with E-state index in [2.05, 4.69) is 15.5 Å². The second-order valence-corrected chi connectivity index (χ2v) is 4.88. The average molecular weight is 243 g/mol. The second-order valence-electron chi connectivity index (χ2n) is 4.88. The largest absolute Gasteiger partial charge is 0.374 e. The van der Waals surface area contributed by atoms with Gasteiger partial charge in [-0.25, -0.2) is 0 Å². The first-order chi connectivity index (χ1) is 8.04. The number of likely N-dealkylation sites (N-methyl/N-ethyl adjacent to an activating group) is 1. The number of carbonyl (C=O) groups is 1. The molecule has 17 heavy (non-hydrogen) atoms. The lowest BCUT2D eigenvalue weighted by atomic mass is 10.2. The third-order valence-electron chi connectivity index (χ3n) is 2.96. The van der Waals surface area contributed by atoms with Crippen LogP contribution in [-0.2, 0) is 9.53 Å². The number of morpholine rings is 1. The molecule has 5 nitrogen and oxygen atoms in total. The number of hydrogen-bond acceptors (Lipinski definition) is 4. The van der Waals surface area contributed by atoms with Crippen molar-refractivity contribution in [2.45, 2.75) is 39.0 Å². The molecule has 0 aromatic rings. The number of nitrogens with one attached hydrogen (secondary N) is 2. The molecule has 1 heterocycles. The van der Waals surface area contributed by atoms with E-state index >= 15 is 0 Å². The lowest BCUT2D eigenvalue weighted by molar-refractivity contribution is -0.129. The van der Waals surface area contributed by atoms with Crippen molar-refractivity contribution in [2.24, 2.45) is 0 Å². The van der Waals surface area contributed by atoms with Crippen molar-refractivity contribution in [3.63, 3.8) is 0 Å². The fourth-order valence-corrected chi connectivity index (χ4v) is 2.02. The van der Waals surface area contributed by atoms with E-state index in [9.17, 15) is 4.79 Å². The summed E-state index contributed by atoms with van der Waals surface area (Å²) in [5.74, 6) is 0.102. The number of carbonyl (C=O) groups excluding carboxylic acids is 1. The van der Waals surface area contributed by atoms with E-state index in [1.54, 1.807) is 0 Å². The van der Waals surface area contributed by atoms with Gasteiger partial charge in [0.1, 0.15) is 0 Å². The fourth-order valence-electron chi connectivity index (χ4n) is 2.02. The summed E-state index contributed by atoms with van der Waals surface area (Å²) in [5, 5.41) is 6.06. The standard InChI is InChI=1S/C12H25N3O2/c1-9(2)14-12(16)10(3)15-5-6-17-11(8-15)7-13-4/h9-11,13H,5-8H2,1-4H3,(H,14,16). The molecule has 100 valence electrons. The summed E-state index contributed by atoms with van der Waals surface area (Å²) in [6.07, 6.45) is 0.183. The first-order valence-corrected chi connectivity index (χ1v) is 6.35. The van der Waals surface area contributed by atoms with Crippen LogP contribution in [0.4, 0.5) is 0 Å². The number of ether oxygens (including phenoxy) is 1. The van der Waals surface area contributed by atoms with Gasteiger partial charge in [-0.2, -0.15) is 0 Å². The Morgan fingerprint density at radius 3 is 2.76 bits per heavy atom. The fraction of sp³-hybridized carbons (Fsp3) is 0.917. The quantitative estimate of drug-likeness (QED) is 0.703. The molecule has 0 aliphatic carbocycles. The van der Waals surface area contributed by atoms with Crippen LogP contribution in [0.3, 0.4) is 0 Å². The van der Waals surface area contributed by atoms with Crippen molar-refractivity contribution in [2.75, 3.05) is 33.3 Å². The highest BCUT2D eigenvalue weighted by atomic mass is 16.5. The van der Waals surface area contributed by atoms with Gasteiger partial charge >= 0.3 is 0 Å². The van der Waals surface area contributed by atoms with Gasteiger partial charge in [0.25, 0.3) is 0 Å². The van der Waals surface area contributed by atoms with E-state index in [1.165, 1.54) is 0 Å². The normalized spacial score (nSPS) is 23.7. The molecule has 5 heteroatoms. The molecule has 0 aromatic heterocycles. The zero-order chi connectivity index (χ0) is 12.8. The molecule has 0 radical (unpaired) electrons. The van der Waals surface area contributed by atoms with Crippen LogP contribution >= 0.6 is 0 Å². The Morgan fingerprint density at radius 2 is 2.18 bits per heavy atom. The molecule has 1 aliphatic rings. The third-order valence-corrected chi connectivity index (χ3v) is 2.96. The van der Waals surface area contributed by atoms with Crippen LogP contribution in [0.25, 0.3) is 0 Å². The predicted molar refractivity (Wildman–Crippen MR) is 68.0 cm³/mol. The first-order valence-electron chi connectivity index (χ1n) is 6.35. The van der Waals surface area contributed by atoms with E-state index in [0.29, 0.717) is 6.61 Å². The van der Waals surface area contributed by atoms with Crippen molar-refractivity contribution in [3.8, 4) is 0 Å². The van der Waals surface area contributed by atoms with E-state index < -0.39 is 0 Å². The minimum absolute atomic E-state index is 0.0827. The third kappa shape index (κ3) is 4.61. The van der Waals surface area contributed by atoms with Gasteiger partial charge in [-0.15, -0.1) is 0 Å². The number of rotatable bonds is 5. The molecule has 1 saturated heterocycles. The molecule has 2 atom stereocenters. The topological polar surface area (TPSA) is 53.6 Å². The van der Waals surface area contributed by atoms with Crippen molar-refractivity contribution in [1.82, 2.24) is 15.5 Å². The zero-order valence-electron chi connectivity index (χ0n) is 11.3. The van der Waals surface area contributed by atoms with Crippen molar-refractivity contribution in [3.05, 3.63) is 0 Å². The van der Waals surface area contributed by atoms with Crippen molar-refractivity contribution >= 4 is 5.91 Å². The van der Waals surface area contributed by atoms with Crippen LogP contribution in [0, 0.1) is 0 Å². The summed E-state index contributed by atoms with van der Waals surface area (Å²) in [4.78, 5) is 14.1. The molecule has 1 aliphatic heterocycles. The maximum Gasteiger partial charge on any atom is 0.237 e. The molecule has 1 amide bonds. The van der Waals surface area contributed by atoms with Gasteiger partial charge < -0.3 is 15.4 Å². The Labute approximate surface area is 104 Å². The molecule has 0 spiro atoms. The van der Waals surface area contributed by atoms with E-state index in [1.807, 2.05) is 27.8 Å². The van der Waals surface area contributed by atoms with Gasteiger partial charge in [0.15, 0.2) is 0 Å². The number of nitrogens with zero attached hydrogens (tertiary/aromatic N) is 1. The highest BCUT2D eigenvalue weighted by Crippen LogP contribution is 2.09. The van der Waals surface area contributed by atoms with Crippen LogP contribution in [0.2, 0.25) is 0 Å². The minimum Gasteiger partial charge on any atom is -0.374 e. The molecule has 2 N–H and O–H groups in total. The molecule has 0 aromatic carbocycles. The molecule has 1 fully saturated rings. The average Bonchev–Trinajstić information content (AvgIpc) is 2.28. The number of amides is 1. The maximum absolute atomic E-state index is 11.9. The Morgan fingerprint density at radius 1 is 1.47 bits per heavy atom. The summed E-state index contributed by atoms with van der Waals surface area (Å²) in [6.45, 7) is 9.09. The van der Waals surface area contributed by atoms with Crippen LogP contribution in [0.5, 0.6) is 0 Å². The van der Waals surface area contributed by atoms with Crippen LogP contribution < -0.4 is 10.6 Å². The van der Waals surface area contributed by atoms with Gasteiger partial charge in [0.2, 0.25) is 5.91 Å². The second kappa shape index (κ2) is 6.93. The summed E-state index contributed by atoms with van der Waals surface area (Å²) in [5.41, 5.74) is 0. The van der Waals surface area contributed by atoms with Crippen LogP contribution in [0.15, 0.2) is 0 Å². The van der Waals surface area contributed by atoms with Crippen molar-refractivity contribution in [1.29, 1.82) is 0 Å². The van der Waals surface area contributed by atoms with E-state index in [4.69, 9.17) is 4.74 Å². The lowest BCUT2D eigenvalue weighted by Gasteiger charge is -2.36. The maximum atomic E-state index is 11.9. The monoisotopic (exact) mass is 243 g/mol. The van der Waals surface area contributed by atoms with E-state index in [-0.39, 0.29) is 24.1 Å². The molecule has 2 unspecified atom stereocenters. The minimum atomic E-state index is -0.0827. The Balaban J connectivity index is 2.45. The molecular weight excluding hydrogens is 218 g/mol. The molecule has 0 bridgehead atoms. The van der Waals surface area contributed by atoms with Gasteiger partial charge in [-0.1, -0.05) is 0 Å². The first kappa shape index (κ1) is 14.4. The van der Waals surface area contributed by atoms with Crippen molar-refractivity contribution < 1.29 is 9.53 Å². The van der Waals surface area contributed by atoms with Gasteiger partial charge in [0.05, 0.1) is 18.8 Å². The number of hydrogen-bond donors (Lipinski definition) is 2. The highest BCUT2D eigenvalue weighted by molar-refractivity contribution is 5.81. The van der Waals surface area contributed by atoms with Crippen LogP contribution in [0.1, 0.15) is 20.8 Å². The van der Waals surface area contributed by atoms with Gasteiger partial charge in [-0.05, 0) is 27.8 Å². The highest BCUT2D eigenvalue weighted by Gasteiger charge is 2.27. The summed E-state index contributed by atoms with van der Waals surface area (Å²) in [7, 11) is 1.91. The smallest absolute Gasteiger partial charge is 0.237 e. The Hall–Kier alpha value is -0.650. The molecule has 1 rings (SSSR count). The summed E-state index contributed by atoms with van der Waals surface area (Å²) < 4.78 is 5.62. The van der Waals surface area contributed by atoms with Gasteiger partial charge in [0, 0.05) is 25.7 Å². The molecular formula is C12H25N3O2. The van der Waals surface area contributed by atoms with E-state index in [0.717, 1.165) is 19.6 Å².